The van der Waals surface area contributed by atoms with E-state index in [1.807, 2.05) is 18.7 Å². The van der Waals surface area contributed by atoms with E-state index >= 15 is 0 Å². The number of hydrogen-bond acceptors (Lipinski definition) is 3. The van der Waals surface area contributed by atoms with Crippen LogP contribution in [0.1, 0.15) is 6.92 Å². The van der Waals surface area contributed by atoms with Gasteiger partial charge in [-0.2, -0.15) is 11.8 Å². The Balaban J connectivity index is 1.97. The molecule has 0 aliphatic carbocycles. The molecule has 0 radical (unpaired) electrons. The largest absolute Gasteiger partial charge is 0.369 e. The van der Waals surface area contributed by atoms with E-state index in [-0.39, 0.29) is 11.8 Å². The molecular weight excluding hydrogens is 172 g/mol. The van der Waals surface area contributed by atoms with Gasteiger partial charge in [-0.1, -0.05) is 6.92 Å². The van der Waals surface area contributed by atoms with Crippen LogP contribution in [-0.2, 0) is 4.79 Å². The third-order valence-corrected chi connectivity index (χ3v) is 3.52. The zero-order valence-corrected chi connectivity index (χ0v) is 8.19. The smallest absolute Gasteiger partial charge is 0.221 e. The summed E-state index contributed by atoms with van der Waals surface area (Å²) < 4.78 is 0. The van der Waals surface area contributed by atoms with E-state index in [0.717, 1.165) is 30.5 Å². The molecule has 1 saturated heterocycles. The van der Waals surface area contributed by atoms with Gasteiger partial charge in [0.15, 0.2) is 0 Å². The second-order valence-electron chi connectivity index (χ2n) is 3.37. The van der Waals surface area contributed by atoms with Crippen molar-refractivity contribution >= 4 is 17.7 Å². The fourth-order valence-corrected chi connectivity index (χ4v) is 2.18. The van der Waals surface area contributed by atoms with Gasteiger partial charge in [-0.25, -0.2) is 0 Å². The number of hydrogen-bond donors (Lipinski definition) is 2. The Morgan fingerprint density at radius 3 is 2.83 bits per heavy atom. The first-order chi connectivity index (χ1) is 5.70. The van der Waals surface area contributed by atoms with Crippen molar-refractivity contribution in [3.63, 3.8) is 0 Å². The minimum absolute atomic E-state index is 0.0167. The molecule has 3 N–H and O–H groups in total. The monoisotopic (exact) mass is 188 g/mol. The van der Waals surface area contributed by atoms with E-state index in [1.54, 1.807) is 0 Å². The summed E-state index contributed by atoms with van der Waals surface area (Å²) in [4.78, 5) is 10.7. The number of amides is 1. The third kappa shape index (κ3) is 3.03. The fourth-order valence-electron chi connectivity index (χ4n) is 0.960. The van der Waals surface area contributed by atoms with Gasteiger partial charge in [0, 0.05) is 11.7 Å². The number of carbonyl (C=O) groups is 1. The normalized spacial score (nSPS) is 20.1. The molecule has 1 fully saturated rings. The Kier molecular flexibility index (Phi) is 3.88. The number of thioether (sulfide) groups is 1. The highest BCUT2D eigenvalue weighted by Crippen LogP contribution is 2.15. The quantitative estimate of drug-likeness (QED) is 0.641. The number of carbonyl (C=O) groups excluding carboxylic acids is 1. The van der Waals surface area contributed by atoms with E-state index < -0.39 is 0 Å². The molecule has 1 aliphatic heterocycles. The van der Waals surface area contributed by atoms with Crippen LogP contribution >= 0.6 is 11.8 Å². The molecule has 1 unspecified atom stereocenters. The molecule has 0 spiro atoms. The molecule has 1 heterocycles. The lowest BCUT2D eigenvalue weighted by Gasteiger charge is -2.26. The van der Waals surface area contributed by atoms with E-state index in [0.29, 0.717) is 0 Å². The van der Waals surface area contributed by atoms with Crippen molar-refractivity contribution in [3.05, 3.63) is 0 Å². The van der Waals surface area contributed by atoms with Crippen LogP contribution in [0.2, 0.25) is 0 Å². The van der Waals surface area contributed by atoms with Gasteiger partial charge < -0.3 is 11.1 Å². The summed E-state index contributed by atoms with van der Waals surface area (Å²) in [5.74, 6) is 2.67. The Morgan fingerprint density at radius 1 is 1.75 bits per heavy atom. The highest BCUT2D eigenvalue weighted by Gasteiger charge is 2.17. The van der Waals surface area contributed by atoms with Crippen LogP contribution in [-0.4, -0.2) is 30.5 Å². The fraction of sp³-hybridized carbons (Fsp3) is 0.875. The van der Waals surface area contributed by atoms with Crippen LogP contribution < -0.4 is 11.1 Å². The van der Waals surface area contributed by atoms with Crippen molar-refractivity contribution in [2.45, 2.75) is 6.92 Å². The average molecular weight is 188 g/mol. The summed E-state index contributed by atoms with van der Waals surface area (Å²) in [6.07, 6.45) is 0. The first-order valence-corrected chi connectivity index (χ1v) is 5.43. The van der Waals surface area contributed by atoms with Gasteiger partial charge in [-0.05, 0) is 24.8 Å². The van der Waals surface area contributed by atoms with E-state index in [2.05, 4.69) is 5.32 Å². The zero-order chi connectivity index (χ0) is 8.97. The molecule has 1 amide bonds. The van der Waals surface area contributed by atoms with Gasteiger partial charge in [-0.15, -0.1) is 0 Å². The van der Waals surface area contributed by atoms with E-state index in [4.69, 9.17) is 5.73 Å². The number of nitrogens with two attached hydrogens (primary N) is 1. The molecule has 0 aromatic heterocycles. The van der Waals surface area contributed by atoms with Crippen LogP contribution in [0.15, 0.2) is 0 Å². The molecule has 4 heteroatoms. The summed E-state index contributed by atoms with van der Waals surface area (Å²) in [7, 11) is 0. The second-order valence-corrected chi connectivity index (χ2v) is 4.44. The van der Waals surface area contributed by atoms with Gasteiger partial charge >= 0.3 is 0 Å². The molecule has 1 atom stereocenters. The molecule has 1 aliphatic rings. The molecule has 3 nitrogen and oxygen atoms in total. The van der Waals surface area contributed by atoms with Crippen molar-refractivity contribution in [1.29, 1.82) is 0 Å². The summed E-state index contributed by atoms with van der Waals surface area (Å²) in [6.45, 7) is 4.16. The number of primary amides is 1. The van der Waals surface area contributed by atoms with Gasteiger partial charge in [0.25, 0.3) is 0 Å². The van der Waals surface area contributed by atoms with Gasteiger partial charge in [0.05, 0.1) is 0 Å². The number of nitrogens with one attached hydrogen (secondary N) is 1. The molecule has 0 aromatic carbocycles. The third-order valence-electron chi connectivity index (χ3n) is 2.07. The predicted molar refractivity (Wildman–Crippen MR) is 52.0 cm³/mol. The molecule has 0 aromatic rings. The molecule has 0 bridgehead atoms. The standard InChI is InChI=1S/C8H16N2OS/c1-6(8(9)11)4-12-5-7-2-10-3-7/h6-7,10H,2-5H2,1H3,(H2,9,11). The highest BCUT2D eigenvalue weighted by molar-refractivity contribution is 7.99. The Hall–Kier alpha value is -0.220. The van der Waals surface area contributed by atoms with E-state index in [1.165, 1.54) is 0 Å². The van der Waals surface area contributed by atoms with Crippen molar-refractivity contribution in [2.24, 2.45) is 17.6 Å². The predicted octanol–water partition coefficient (Wildman–Crippen LogP) is 0.0604. The van der Waals surface area contributed by atoms with Crippen molar-refractivity contribution in [3.8, 4) is 0 Å². The minimum Gasteiger partial charge on any atom is -0.369 e. The van der Waals surface area contributed by atoms with Crippen LogP contribution in [0.4, 0.5) is 0 Å². The van der Waals surface area contributed by atoms with Crippen LogP contribution in [0.5, 0.6) is 0 Å². The van der Waals surface area contributed by atoms with E-state index in [9.17, 15) is 4.79 Å². The molecule has 0 saturated carbocycles. The summed E-state index contributed by atoms with van der Waals surface area (Å²) in [6, 6.07) is 0. The van der Waals surface area contributed by atoms with Crippen molar-refractivity contribution < 1.29 is 4.79 Å². The first kappa shape index (κ1) is 9.86. The zero-order valence-electron chi connectivity index (χ0n) is 7.38. The lowest BCUT2D eigenvalue weighted by atomic mass is 10.1. The summed E-state index contributed by atoms with van der Waals surface area (Å²) in [5.41, 5.74) is 5.13. The highest BCUT2D eigenvalue weighted by atomic mass is 32.2. The van der Waals surface area contributed by atoms with Crippen molar-refractivity contribution in [1.82, 2.24) is 5.32 Å². The molecule has 1 rings (SSSR count). The minimum atomic E-state index is -0.186. The topological polar surface area (TPSA) is 55.1 Å². The lowest BCUT2D eigenvalue weighted by molar-refractivity contribution is -0.120. The summed E-state index contributed by atoms with van der Waals surface area (Å²) in [5, 5.41) is 3.22. The second kappa shape index (κ2) is 4.72. The van der Waals surface area contributed by atoms with Crippen LogP contribution in [0.25, 0.3) is 0 Å². The lowest BCUT2D eigenvalue weighted by Crippen LogP contribution is -2.43. The molecule has 70 valence electrons. The summed E-state index contributed by atoms with van der Waals surface area (Å²) >= 11 is 1.83. The molecule has 12 heavy (non-hydrogen) atoms. The van der Waals surface area contributed by atoms with Gasteiger partial charge in [0.2, 0.25) is 5.91 Å². The average Bonchev–Trinajstić information content (AvgIpc) is 1.93. The Bertz CT molecular complexity index is 159. The van der Waals surface area contributed by atoms with Gasteiger partial charge in [-0.3, -0.25) is 4.79 Å². The Morgan fingerprint density at radius 2 is 2.42 bits per heavy atom. The Labute approximate surface area is 77.5 Å². The first-order valence-electron chi connectivity index (χ1n) is 4.28. The maximum atomic E-state index is 10.7. The van der Waals surface area contributed by atoms with Crippen LogP contribution in [0, 0.1) is 11.8 Å². The number of rotatable bonds is 5. The maximum Gasteiger partial charge on any atom is 0.221 e. The van der Waals surface area contributed by atoms with Crippen LogP contribution in [0.3, 0.4) is 0 Å². The molecular formula is C8H16N2OS. The SMILES string of the molecule is CC(CSCC1CNC1)C(N)=O. The maximum absolute atomic E-state index is 10.7. The van der Waals surface area contributed by atoms with Crippen molar-refractivity contribution in [2.75, 3.05) is 24.6 Å². The van der Waals surface area contributed by atoms with Gasteiger partial charge in [0.1, 0.15) is 0 Å².